The van der Waals surface area contributed by atoms with Gasteiger partial charge in [-0.3, -0.25) is 4.98 Å². The molecule has 20 heavy (non-hydrogen) atoms. The quantitative estimate of drug-likeness (QED) is 0.790. The van der Waals surface area contributed by atoms with Crippen molar-refractivity contribution in [2.24, 2.45) is 0 Å². The zero-order valence-corrected chi connectivity index (χ0v) is 13.3. The first-order valence-corrected chi connectivity index (χ1v) is 7.06. The molecule has 1 fully saturated rings. The zero-order chi connectivity index (χ0) is 15.0. The summed E-state index contributed by atoms with van der Waals surface area (Å²) in [5.74, 6) is 0. The summed E-state index contributed by atoms with van der Waals surface area (Å²) in [5.41, 5.74) is -0.571. The van der Waals surface area contributed by atoms with Gasteiger partial charge in [0.2, 0.25) is 0 Å². The van der Waals surface area contributed by atoms with Gasteiger partial charge < -0.3 is 9.64 Å². The highest BCUT2D eigenvalue weighted by Gasteiger charge is 2.49. The lowest BCUT2D eigenvalue weighted by Crippen LogP contribution is -2.61. The van der Waals surface area contributed by atoms with Crippen LogP contribution in [0, 0.1) is 11.3 Å². The Labute approximate surface area is 126 Å². The first kappa shape index (κ1) is 14.8. The van der Waals surface area contributed by atoms with Gasteiger partial charge >= 0.3 is 6.09 Å². The number of amides is 1. The third kappa shape index (κ3) is 2.93. The molecule has 0 aromatic carbocycles. The van der Waals surface area contributed by atoms with Gasteiger partial charge in [-0.1, -0.05) is 0 Å². The monoisotopic (exact) mass is 337 g/mol. The molecule has 2 rings (SSSR count). The van der Waals surface area contributed by atoms with E-state index in [2.05, 4.69) is 27.0 Å². The summed E-state index contributed by atoms with van der Waals surface area (Å²) < 4.78 is 6.14. The second-order valence-electron chi connectivity index (χ2n) is 5.89. The Bertz CT molecular complexity index is 551. The predicted molar refractivity (Wildman–Crippen MR) is 77.0 cm³/mol. The van der Waals surface area contributed by atoms with Crippen LogP contribution < -0.4 is 0 Å². The Morgan fingerprint density at radius 3 is 2.60 bits per heavy atom. The maximum absolute atomic E-state index is 11.9. The fourth-order valence-corrected chi connectivity index (χ4v) is 2.24. The van der Waals surface area contributed by atoms with Crippen LogP contribution in [0.3, 0.4) is 0 Å². The molecule has 0 N–H and O–H groups in total. The van der Waals surface area contributed by atoms with Crippen LogP contribution in [0.25, 0.3) is 0 Å². The van der Waals surface area contributed by atoms with Gasteiger partial charge in [0, 0.05) is 10.7 Å². The molecule has 0 bridgehead atoms. The smallest absolute Gasteiger partial charge is 0.410 e. The normalized spacial score (nSPS) is 17.1. The second kappa shape index (κ2) is 5.06. The molecule has 0 aliphatic carbocycles. The van der Waals surface area contributed by atoms with E-state index < -0.39 is 11.0 Å². The molecule has 1 amide bonds. The third-order valence-electron chi connectivity index (χ3n) is 3.00. The number of halogens is 1. The zero-order valence-electron chi connectivity index (χ0n) is 11.7. The van der Waals surface area contributed by atoms with Crippen molar-refractivity contribution in [2.75, 3.05) is 13.1 Å². The van der Waals surface area contributed by atoms with Gasteiger partial charge in [0.25, 0.3) is 0 Å². The molecule has 5 nitrogen and oxygen atoms in total. The van der Waals surface area contributed by atoms with Crippen molar-refractivity contribution in [3.05, 3.63) is 28.5 Å². The number of carbonyl (C=O) groups excluding carboxylic acids is 1. The minimum atomic E-state index is -0.725. The number of hydrogen-bond acceptors (Lipinski definition) is 4. The van der Waals surface area contributed by atoms with E-state index in [9.17, 15) is 10.1 Å². The Hall–Kier alpha value is -1.61. The first-order chi connectivity index (χ1) is 9.26. The van der Waals surface area contributed by atoms with Gasteiger partial charge in [0.1, 0.15) is 11.0 Å². The standard InChI is InChI=1S/C14H16BrN3O2/c1-13(2,3)20-12(19)18-8-14(7-16,9-18)11-5-4-10(15)6-17-11/h4-6H,8-9H2,1-3H3. The number of aromatic nitrogens is 1. The van der Waals surface area contributed by atoms with Crippen LogP contribution in [0.1, 0.15) is 26.5 Å². The summed E-state index contributed by atoms with van der Waals surface area (Å²) in [7, 11) is 0. The highest BCUT2D eigenvalue weighted by atomic mass is 79.9. The van der Waals surface area contributed by atoms with Crippen molar-refractivity contribution in [3.63, 3.8) is 0 Å². The van der Waals surface area contributed by atoms with Gasteiger partial charge in [-0.05, 0) is 48.8 Å². The summed E-state index contributed by atoms with van der Waals surface area (Å²) >= 11 is 3.31. The van der Waals surface area contributed by atoms with E-state index in [1.165, 1.54) is 4.90 Å². The van der Waals surface area contributed by atoms with E-state index in [0.717, 1.165) is 4.47 Å². The second-order valence-corrected chi connectivity index (χ2v) is 6.81. The molecule has 6 heteroatoms. The molecular formula is C14H16BrN3O2. The Morgan fingerprint density at radius 2 is 2.15 bits per heavy atom. The van der Waals surface area contributed by atoms with Gasteiger partial charge in [0.15, 0.2) is 0 Å². The first-order valence-electron chi connectivity index (χ1n) is 6.27. The number of carbonyl (C=O) groups is 1. The van der Waals surface area contributed by atoms with Crippen LogP contribution in [0.4, 0.5) is 4.79 Å². The molecule has 0 atom stereocenters. The van der Waals surface area contributed by atoms with Crippen LogP contribution in [0.2, 0.25) is 0 Å². The summed E-state index contributed by atoms with van der Waals surface area (Å²) in [6.45, 7) is 6.08. The molecule has 1 aliphatic heterocycles. The topological polar surface area (TPSA) is 66.2 Å². The number of ether oxygens (including phenoxy) is 1. The van der Waals surface area contributed by atoms with Gasteiger partial charge in [-0.15, -0.1) is 0 Å². The summed E-state index contributed by atoms with van der Waals surface area (Å²) in [6.07, 6.45) is 1.27. The average molecular weight is 338 g/mol. The summed E-state index contributed by atoms with van der Waals surface area (Å²) in [4.78, 5) is 17.7. The highest BCUT2D eigenvalue weighted by Crippen LogP contribution is 2.34. The molecule has 2 heterocycles. The molecule has 1 saturated heterocycles. The minimum absolute atomic E-state index is 0.313. The van der Waals surface area contributed by atoms with Crippen molar-refractivity contribution < 1.29 is 9.53 Å². The van der Waals surface area contributed by atoms with Crippen molar-refractivity contribution in [1.29, 1.82) is 5.26 Å². The Morgan fingerprint density at radius 1 is 1.50 bits per heavy atom. The fraction of sp³-hybridized carbons (Fsp3) is 0.500. The van der Waals surface area contributed by atoms with Crippen molar-refractivity contribution in [1.82, 2.24) is 9.88 Å². The lowest BCUT2D eigenvalue weighted by atomic mass is 9.78. The molecule has 1 aromatic rings. The summed E-state index contributed by atoms with van der Waals surface area (Å²) in [6, 6.07) is 5.92. The number of nitriles is 1. The van der Waals surface area contributed by atoms with E-state index in [-0.39, 0.29) is 6.09 Å². The number of pyridine rings is 1. The van der Waals surface area contributed by atoms with Crippen LogP contribution >= 0.6 is 15.9 Å². The molecule has 0 spiro atoms. The molecule has 0 saturated carbocycles. The third-order valence-corrected chi connectivity index (χ3v) is 3.47. The number of likely N-dealkylation sites (tertiary alicyclic amines) is 1. The number of hydrogen-bond donors (Lipinski definition) is 0. The number of rotatable bonds is 1. The molecule has 1 aliphatic rings. The maximum Gasteiger partial charge on any atom is 0.410 e. The van der Waals surface area contributed by atoms with E-state index in [0.29, 0.717) is 18.8 Å². The van der Waals surface area contributed by atoms with Crippen LogP contribution in [0.15, 0.2) is 22.8 Å². The van der Waals surface area contributed by atoms with Gasteiger partial charge in [0.05, 0.1) is 24.9 Å². The highest BCUT2D eigenvalue weighted by molar-refractivity contribution is 9.10. The van der Waals surface area contributed by atoms with E-state index in [4.69, 9.17) is 4.74 Å². The minimum Gasteiger partial charge on any atom is -0.444 e. The van der Waals surface area contributed by atoms with E-state index in [1.54, 1.807) is 12.3 Å². The SMILES string of the molecule is CC(C)(C)OC(=O)N1CC(C#N)(c2ccc(Br)cn2)C1. The van der Waals surface area contributed by atoms with Gasteiger partial charge in [-0.2, -0.15) is 5.26 Å². The lowest BCUT2D eigenvalue weighted by molar-refractivity contribution is -0.000996. The molecular weight excluding hydrogens is 322 g/mol. The molecule has 106 valence electrons. The average Bonchev–Trinajstić information content (AvgIpc) is 2.28. The van der Waals surface area contributed by atoms with E-state index in [1.807, 2.05) is 26.8 Å². The van der Waals surface area contributed by atoms with E-state index >= 15 is 0 Å². The molecule has 1 aromatic heterocycles. The largest absolute Gasteiger partial charge is 0.444 e. The van der Waals surface area contributed by atoms with Crippen LogP contribution in [-0.4, -0.2) is 34.7 Å². The molecule has 0 unspecified atom stereocenters. The van der Waals surface area contributed by atoms with Crippen LogP contribution in [-0.2, 0) is 10.2 Å². The molecule has 0 radical (unpaired) electrons. The lowest BCUT2D eigenvalue weighted by Gasteiger charge is -2.44. The predicted octanol–water partition coefficient (Wildman–Crippen LogP) is 2.86. The van der Waals surface area contributed by atoms with Crippen LogP contribution in [0.5, 0.6) is 0 Å². The van der Waals surface area contributed by atoms with Crippen molar-refractivity contribution in [3.8, 4) is 6.07 Å². The fourth-order valence-electron chi connectivity index (χ4n) is 2.01. The number of nitrogens with zero attached hydrogens (tertiary/aromatic N) is 3. The summed E-state index contributed by atoms with van der Waals surface area (Å²) in [5, 5.41) is 9.41. The van der Waals surface area contributed by atoms with Gasteiger partial charge in [-0.25, -0.2) is 4.79 Å². The van der Waals surface area contributed by atoms with Crippen molar-refractivity contribution in [2.45, 2.75) is 31.8 Å². The Kier molecular flexibility index (Phi) is 3.74. The maximum atomic E-state index is 11.9. The Balaban J connectivity index is 2.07. The van der Waals surface area contributed by atoms with Crippen molar-refractivity contribution >= 4 is 22.0 Å².